The molecule has 0 radical (unpaired) electrons. The normalized spacial score (nSPS) is 12.2. The van der Waals surface area contributed by atoms with E-state index in [1.54, 1.807) is 6.92 Å². The zero-order chi connectivity index (χ0) is 14.7. The minimum absolute atomic E-state index is 0.0704. The van der Waals surface area contributed by atoms with Gasteiger partial charge in [0.1, 0.15) is 12.1 Å². The summed E-state index contributed by atoms with van der Waals surface area (Å²) in [5, 5.41) is 9.97. The van der Waals surface area contributed by atoms with Gasteiger partial charge in [0, 0.05) is 5.02 Å². The minimum Gasteiger partial charge on any atom is -0.336 e. The molecule has 9 heteroatoms. The highest BCUT2D eigenvalue weighted by atomic mass is 35.5. The summed E-state index contributed by atoms with van der Waals surface area (Å²) in [5.74, 6) is 4.58. The molecule has 20 heavy (non-hydrogen) atoms. The number of amides is 1. The smallest absolute Gasteiger partial charge is 0.237 e. The van der Waals surface area contributed by atoms with E-state index in [0.717, 1.165) is 17.8 Å². The topological polar surface area (TPSA) is 85.8 Å². The van der Waals surface area contributed by atoms with Crippen molar-refractivity contribution in [2.45, 2.75) is 17.3 Å². The van der Waals surface area contributed by atoms with Crippen molar-refractivity contribution in [1.29, 1.82) is 0 Å². The van der Waals surface area contributed by atoms with Gasteiger partial charge in [-0.05, 0) is 25.1 Å². The van der Waals surface area contributed by atoms with Gasteiger partial charge in [0.2, 0.25) is 11.1 Å². The zero-order valence-electron chi connectivity index (χ0n) is 10.4. The summed E-state index contributed by atoms with van der Waals surface area (Å²) in [7, 11) is 0. The van der Waals surface area contributed by atoms with E-state index in [0.29, 0.717) is 5.16 Å². The number of nitrogen functional groups attached to an aromatic ring is 1. The number of halogens is 2. The molecule has 0 saturated carbocycles. The number of carbonyl (C=O) groups is 1. The van der Waals surface area contributed by atoms with E-state index >= 15 is 0 Å². The third kappa shape index (κ3) is 3.40. The second-order valence-corrected chi connectivity index (χ2v) is 5.64. The number of rotatable bonds is 4. The molecule has 6 nitrogen and oxygen atoms in total. The quantitative estimate of drug-likeness (QED) is 0.665. The number of nitrogens with two attached hydrogens (primary N) is 1. The summed E-state index contributed by atoms with van der Waals surface area (Å²) in [6.45, 7) is 1.66. The standard InChI is InChI=1S/C11H11ClFN5OS/c1-6(20-11-17-15-5-18(11)14)10(19)16-9-3-2-7(12)4-8(9)13/h2-6H,14H2,1H3,(H,16,19)/t6-/m1/s1. The Hall–Kier alpha value is -1.80. The Balaban J connectivity index is 2.02. The van der Waals surface area contributed by atoms with Crippen LogP contribution in [0.25, 0.3) is 0 Å². The van der Waals surface area contributed by atoms with Crippen molar-refractivity contribution < 1.29 is 9.18 Å². The molecule has 1 amide bonds. The Kier molecular flexibility index (Phi) is 4.46. The molecule has 0 saturated heterocycles. The van der Waals surface area contributed by atoms with Gasteiger partial charge >= 0.3 is 0 Å². The third-order valence-corrected chi connectivity index (χ3v) is 3.69. The van der Waals surface area contributed by atoms with E-state index in [4.69, 9.17) is 17.4 Å². The summed E-state index contributed by atoms with van der Waals surface area (Å²) >= 11 is 6.76. The lowest BCUT2D eigenvalue weighted by molar-refractivity contribution is -0.115. The van der Waals surface area contributed by atoms with Gasteiger partial charge in [-0.2, -0.15) is 0 Å². The van der Waals surface area contributed by atoms with Crippen molar-refractivity contribution in [3.8, 4) is 0 Å². The van der Waals surface area contributed by atoms with Gasteiger partial charge in [-0.25, -0.2) is 9.07 Å². The lowest BCUT2D eigenvalue weighted by Gasteiger charge is -2.11. The van der Waals surface area contributed by atoms with Crippen molar-refractivity contribution in [3.63, 3.8) is 0 Å². The highest BCUT2D eigenvalue weighted by Crippen LogP contribution is 2.23. The molecule has 1 heterocycles. The molecule has 1 aromatic carbocycles. The van der Waals surface area contributed by atoms with Crippen LogP contribution in [-0.2, 0) is 4.79 Å². The van der Waals surface area contributed by atoms with Crippen molar-refractivity contribution in [2.75, 3.05) is 11.2 Å². The second kappa shape index (κ2) is 6.10. The van der Waals surface area contributed by atoms with Gasteiger partial charge in [-0.1, -0.05) is 23.4 Å². The van der Waals surface area contributed by atoms with Crippen molar-refractivity contribution in [1.82, 2.24) is 14.9 Å². The van der Waals surface area contributed by atoms with Gasteiger partial charge in [0.05, 0.1) is 10.9 Å². The van der Waals surface area contributed by atoms with E-state index in [2.05, 4.69) is 15.5 Å². The Morgan fingerprint density at radius 2 is 2.35 bits per heavy atom. The van der Waals surface area contributed by atoms with Crippen molar-refractivity contribution >= 4 is 35.0 Å². The van der Waals surface area contributed by atoms with Crippen LogP contribution in [0.3, 0.4) is 0 Å². The van der Waals surface area contributed by atoms with Crippen LogP contribution in [0.4, 0.5) is 10.1 Å². The average molecular weight is 316 g/mol. The van der Waals surface area contributed by atoms with Crippen LogP contribution >= 0.6 is 23.4 Å². The maximum Gasteiger partial charge on any atom is 0.237 e. The molecule has 2 aromatic rings. The van der Waals surface area contributed by atoms with Crippen molar-refractivity contribution in [2.24, 2.45) is 0 Å². The van der Waals surface area contributed by atoms with Crippen LogP contribution in [0.5, 0.6) is 0 Å². The van der Waals surface area contributed by atoms with Gasteiger partial charge in [-0.3, -0.25) is 4.79 Å². The Labute approximate surface area is 123 Å². The molecule has 0 unspecified atom stereocenters. The molecule has 0 bridgehead atoms. The van der Waals surface area contributed by atoms with Gasteiger partial charge < -0.3 is 11.2 Å². The van der Waals surface area contributed by atoms with E-state index in [1.165, 1.54) is 23.1 Å². The van der Waals surface area contributed by atoms with Gasteiger partial charge in [0.15, 0.2) is 0 Å². The van der Waals surface area contributed by atoms with E-state index < -0.39 is 11.1 Å². The summed E-state index contributed by atoms with van der Waals surface area (Å²) < 4.78 is 14.8. The number of hydrogen-bond acceptors (Lipinski definition) is 5. The van der Waals surface area contributed by atoms with Crippen LogP contribution in [-0.4, -0.2) is 26.0 Å². The largest absolute Gasteiger partial charge is 0.336 e. The highest BCUT2D eigenvalue weighted by molar-refractivity contribution is 8.00. The van der Waals surface area contributed by atoms with Gasteiger partial charge in [-0.15, -0.1) is 10.2 Å². The first kappa shape index (κ1) is 14.6. The molecule has 0 aliphatic carbocycles. The number of nitrogens with one attached hydrogen (secondary N) is 1. The molecule has 1 atom stereocenters. The maximum absolute atomic E-state index is 13.6. The number of benzene rings is 1. The summed E-state index contributed by atoms with van der Waals surface area (Å²) in [5.41, 5.74) is 0.0704. The Morgan fingerprint density at radius 1 is 1.60 bits per heavy atom. The molecule has 3 N–H and O–H groups in total. The fourth-order valence-electron chi connectivity index (χ4n) is 1.35. The third-order valence-electron chi connectivity index (χ3n) is 2.38. The fraction of sp³-hybridized carbons (Fsp3) is 0.182. The Bertz CT molecular complexity index is 635. The molecule has 1 aromatic heterocycles. The minimum atomic E-state index is -0.593. The monoisotopic (exact) mass is 315 g/mol. The second-order valence-electron chi connectivity index (χ2n) is 3.89. The molecule has 0 aliphatic rings. The summed E-state index contributed by atoms with van der Waals surface area (Å²) in [6, 6.07) is 4.03. The number of aromatic nitrogens is 3. The molecule has 2 rings (SSSR count). The van der Waals surface area contributed by atoms with E-state index in [1.807, 2.05) is 0 Å². The number of thioether (sulfide) groups is 1. The van der Waals surface area contributed by atoms with Crippen LogP contribution < -0.4 is 11.2 Å². The van der Waals surface area contributed by atoms with Crippen LogP contribution in [0.15, 0.2) is 29.7 Å². The predicted molar refractivity (Wildman–Crippen MR) is 75.5 cm³/mol. The number of nitrogens with zero attached hydrogens (tertiary/aromatic N) is 3. The SMILES string of the molecule is C[C@@H](Sc1nncn1N)C(=O)Nc1ccc(Cl)cc1F. The molecule has 106 valence electrons. The van der Waals surface area contributed by atoms with Crippen LogP contribution in [0.1, 0.15) is 6.92 Å². The lowest BCUT2D eigenvalue weighted by atomic mass is 10.3. The first-order valence-electron chi connectivity index (χ1n) is 5.55. The average Bonchev–Trinajstić information content (AvgIpc) is 2.78. The fourth-order valence-corrected chi connectivity index (χ4v) is 2.26. The molecule has 0 aliphatic heterocycles. The first-order valence-corrected chi connectivity index (χ1v) is 6.81. The molecular formula is C11H11ClFN5OS. The van der Waals surface area contributed by atoms with Crippen molar-refractivity contribution in [3.05, 3.63) is 35.4 Å². The van der Waals surface area contributed by atoms with Gasteiger partial charge in [0.25, 0.3) is 0 Å². The number of hydrogen-bond donors (Lipinski definition) is 2. The number of carbonyl (C=O) groups excluding carboxylic acids is 1. The maximum atomic E-state index is 13.6. The molecule has 0 fully saturated rings. The van der Waals surface area contributed by atoms with Crippen LogP contribution in [0, 0.1) is 5.82 Å². The summed E-state index contributed by atoms with van der Waals surface area (Å²) in [6.07, 6.45) is 1.33. The lowest BCUT2D eigenvalue weighted by Crippen LogP contribution is -2.24. The summed E-state index contributed by atoms with van der Waals surface area (Å²) in [4.78, 5) is 12.0. The Morgan fingerprint density at radius 3 is 2.95 bits per heavy atom. The highest BCUT2D eigenvalue weighted by Gasteiger charge is 2.18. The first-order chi connectivity index (χ1) is 9.47. The van der Waals surface area contributed by atoms with E-state index in [-0.39, 0.29) is 16.6 Å². The zero-order valence-corrected chi connectivity index (χ0v) is 12.0. The molecular weight excluding hydrogens is 305 g/mol. The van der Waals surface area contributed by atoms with E-state index in [9.17, 15) is 9.18 Å². The molecule has 0 spiro atoms. The number of anilines is 1. The predicted octanol–water partition coefficient (Wildman–Crippen LogP) is 1.90. The van der Waals surface area contributed by atoms with Crippen LogP contribution in [0.2, 0.25) is 5.02 Å².